The van der Waals surface area contributed by atoms with Gasteiger partial charge in [-0.15, -0.1) is 0 Å². The van der Waals surface area contributed by atoms with Crippen LogP contribution >= 0.6 is 0 Å². The number of methoxy groups -OCH3 is 1. The van der Waals surface area contributed by atoms with Crippen molar-refractivity contribution < 1.29 is 29.0 Å². The van der Waals surface area contributed by atoms with E-state index in [9.17, 15) is 24.3 Å². The molecule has 1 atom stereocenters. The average Bonchev–Trinajstić information content (AvgIpc) is 3.25. The van der Waals surface area contributed by atoms with E-state index in [0.29, 0.717) is 35.0 Å². The van der Waals surface area contributed by atoms with Gasteiger partial charge >= 0.3 is 12.0 Å². The number of benzene rings is 3. The van der Waals surface area contributed by atoms with Crippen LogP contribution in [0.15, 0.2) is 83.8 Å². The standard InChI is InChI=1S/C38H44N6O7/c1-23(2)44(28-14-16-29(50-6)17-15-28)32(45)19-25-20-40-35(47)33(34(25)46)43-22-27(21-39-30-12-7-8-13-31(30)43)42-37(49)41-26-11-9-10-24(18-26)36(48)51-38(3,4)5/h7-18,20,23,27,39H,19,21-22H2,1-6H3,(H2,40,46,47)(H2,41,42,49). The highest BCUT2D eigenvalue weighted by molar-refractivity contribution is 5.96. The first-order chi connectivity index (χ1) is 24.2. The maximum atomic E-state index is 13.7. The fraction of sp³-hybridized carbons (Fsp3) is 0.316. The van der Waals surface area contributed by atoms with Crippen LogP contribution in [0.4, 0.5) is 33.2 Å². The third kappa shape index (κ3) is 8.79. The van der Waals surface area contributed by atoms with Crippen molar-refractivity contribution in [3.63, 3.8) is 0 Å². The molecular formula is C38H44N6O7. The van der Waals surface area contributed by atoms with Gasteiger partial charge in [-0.05, 0) is 89.2 Å². The van der Waals surface area contributed by atoms with E-state index in [-0.39, 0.29) is 47.5 Å². The molecule has 2 heterocycles. The van der Waals surface area contributed by atoms with Gasteiger partial charge in [0.05, 0.1) is 36.5 Å². The van der Waals surface area contributed by atoms with Crippen LogP contribution in [-0.4, -0.2) is 65.9 Å². The first-order valence-electron chi connectivity index (χ1n) is 16.6. The van der Waals surface area contributed by atoms with E-state index >= 15 is 0 Å². The molecule has 0 fully saturated rings. The Labute approximate surface area is 296 Å². The number of aromatic hydroxyl groups is 1. The van der Waals surface area contributed by atoms with E-state index in [0.717, 1.165) is 0 Å². The highest BCUT2D eigenvalue weighted by atomic mass is 16.6. The predicted molar refractivity (Wildman–Crippen MR) is 198 cm³/mol. The van der Waals surface area contributed by atoms with E-state index in [1.165, 1.54) is 12.3 Å². The van der Waals surface area contributed by atoms with E-state index in [1.54, 1.807) is 92.3 Å². The molecule has 1 aliphatic rings. The summed E-state index contributed by atoms with van der Waals surface area (Å²) in [6, 6.07) is 19.5. The van der Waals surface area contributed by atoms with Gasteiger partial charge in [-0.3, -0.25) is 9.59 Å². The molecule has 1 aliphatic heterocycles. The molecule has 3 aromatic carbocycles. The summed E-state index contributed by atoms with van der Waals surface area (Å²) >= 11 is 0. The average molecular weight is 697 g/mol. The van der Waals surface area contributed by atoms with E-state index in [4.69, 9.17) is 9.47 Å². The van der Waals surface area contributed by atoms with Crippen molar-refractivity contribution in [2.75, 3.05) is 40.6 Å². The molecule has 3 amide bonds. The molecule has 4 aromatic rings. The van der Waals surface area contributed by atoms with Gasteiger partial charge in [0, 0.05) is 42.3 Å². The van der Waals surface area contributed by atoms with Crippen LogP contribution in [-0.2, 0) is 16.0 Å². The van der Waals surface area contributed by atoms with Gasteiger partial charge in [-0.2, -0.15) is 0 Å². The molecule has 0 aliphatic carbocycles. The summed E-state index contributed by atoms with van der Waals surface area (Å²) in [5.41, 5.74) is 1.53. The van der Waals surface area contributed by atoms with Crippen molar-refractivity contribution >= 4 is 46.3 Å². The third-order valence-electron chi connectivity index (χ3n) is 8.10. The van der Waals surface area contributed by atoms with Gasteiger partial charge in [0.15, 0.2) is 5.69 Å². The number of pyridine rings is 1. The molecule has 268 valence electrons. The Kier molecular flexibility index (Phi) is 10.9. The van der Waals surface area contributed by atoms with E-state index in [1.807, 2.05) is 26.0 Å². The number of aromatic amines is 1. The summed E-state index contributed by atoms with van der Waals surface area (Å²) < 4.78 is 10.7. The monoisotopic (exact) mass is 696 g/mol. The minimum atomic E-state index is -0.676. The molecule has 5 N–H and O–H groups in total. The molecular weight excluding hydrogens is 652 g/mol. The van der Waals surface area contributed by atoms with Gasteiger partial charge in [-0.25, -0.2) is 9.59 Å². The highest BCUT2D eigenvalue weighted by Gasteiger charge is 2.30. The smallest absolute Gasteiger partial charge is 0.338 e. The molecule has 5 rings (SSSR count). The van der Waals surface area contributed by atoms with Crippen LogP contribution in [0, 0.1) is 0 Å². The predicted octanol–water partition coefficient (Wildman–Crippen LogP) is 5.78. The van der Waals surface area contributed by atoms with Crippen molar-refractivity contribution in [2.24, 2.45) is 0 Å². The number of hydrogen-bond donors (Lipinski definition) is 5. The number of para-hydroxylation sites is 2. The molecule has 0 spiro atoms. The number of ether oxygens (including phenoxy) is 2. The number of rotatable bonds is 9. The zero-order valence-corrected chi connectivity index (χ0v) is 29.6. The van der Waals surface area contributed by atoms with Crippen molar-refractivity contribution in [1.82, 2.24) is 10.3 Å². The summed E-state index contributed by atoms with van der Waals surface area (Å²) in [7, 11) is 1.57. The van der Waals surface area contributed by atoms with E-state index in [2.05, 4.69) is 20.9 Å². The number of urea groups is 1. The van der Waals surface area contributed by atoms with Crippen LogP contribution < -0.4 is 36.0 Å². The molecule has 1 aromatic heterocycles. The second-order valence-electron chi connectivity index (χ2n) is 13.5. The first kappa shape index (κ1) is 36.3. The van der Waals surface area contributed by atoms with Crippen LogP contribution in [0.5, 0.6) is 11.5 Å². The number of esters is 1. The summed E-state index contributed by atoms with van der Waals surface area (Å²) in [6.45, 7) is 9.49. The lowest BCUT2D eigenvalue weighted by Gasteiger charge is -2.29. The van der Waals surface area contributed by atoms with Gasteiger partial charge < -0.3 is 45.3 Å². The van der Waals surface area contributed by atoms with Gasteiger partial charge in [0.2, 0.25) is 5.91 Å². The summed E-state index contributed by atoms with van der Waals surface area (Å²) in [4.78, 5) is 58.9. The number of H-pyrrole nitrogens is 1. The Bertz CT molecular complexity index is 1950. The SMILES string of the molecule is COc1ccc(N(C(=O)Cc2c[nH]c(=O)c(N3CC(NC(=O)Nc4cccc(C(=O)OC(C)(C)C)c4)CNc4ccccc43)c2O)C(C)C)cc1. The second kappa shape index (κ2) is 15.3. The largest absolute Gasteiger partial charge is 0.505 e. The summed E-state index contributed by atoms with van der Waals surface area (Å²) in [6.07, 6.45) is 1.15. The molecule has 0 saturated carbocycles. The third-order valence-corrected chi connectivity index (χ3v) is 8.10. The summed E-state index contributed by atoms with van der Waals surface area (Å²) in [5.74, 6) is -0.486. The minimum absolute atomic E-state index is 0.0609. The number of carbonyl (C=O) groups is 3. The highest BCUT2D eigenvalue weighted by Crippen LogP contribution is 2.38. The van der Waals surface area contributed by atoms with Crippen molar-refractivity contribution in [2.45, 2.75) is 58.7 Å². The van der Waals surface area contributed by atoms with Gasteiger partial charge in [0.1, 0.15) is 17.1 Å². The Balaban J connectivity index is 1.39. The molecule has 0 bridgehead atoms. The molecule has 0 radical (unpaired) electrons. The van der Waals surface area contributed by atoms with Crippen molar-refractivity contribution in [1.29, 1.82) is 0 Å². The Hall–Kier alpha value is -5.98. The zero-order chi connectivity index (χ0) is 36.9. The molecule has 0 saturated heterocycles. The van der Waals surface area contributed by atoms with Crippen LogP contribution in [0.1, 0.15) is 50.5 Å². The molecule has 13 heteroatoms. The molecule has 13 nitrogen and oxygen atoms in total. The Morgan fingerprint density at radius 3 is 2.45 bits per heavy atom. The lowest BCUT2D eigenvalue weighted by atomic mass is 10.1. The number of anilines is 5. The number of hydrogen-bond acceptors (Lipinski definition) is 9. The maximum Gasteiger partial charge on any atom is 0.338 e. The van der Waals surface area contributed by atoms with Crippen LogP contribution in [0.2, 0.25) is 0 Å². The van der Waals surface area contributed by atoms with Gasteiger partial charge in [0.25, 0.3) is 5.56 Å². The Morgan fingerprint density at radius 2 is 1.76 bits per heavy atom. The second-order valence-corrected chi connectivity index (χ2v) is 13.5. The number of aromatic nitrogens is 1. The van der Waals surface area contributed by atoms with E-state index < -0.39 is 29.2 Å². The fourth-order valence-electron chi connectivity index (χ4n) is 5.85. The zero-order valence-electron chi connectivity index (χ0n) is 29.6. The fourth-order valence-corrected chi connectivity index (χ4v) is 5.85. The lowest BCUT2D eigenvalue weighted by molar-refractivity contribution is -0.118. The quantitative estimate of drug-likeness (QED) is 0.136. The number of nitrogens with one attached hydrogen (secondary N) is 4. The van der Waals surface area contributed by atoms with Crippen LogP contribution in [0.25, 0.3) is 0 Å². The minimum Gasteiger partial charge on any atom is -0.505 e. The van der Waals surface area contributed by atoms with Crippen molar-refractivity contribution in [3.8, 4) is 11.5 Å². The number of carbonyl (C=O) groups excluding carboxylic acids is 3. The molecule has 1 unspecified atom stereocenters. The number of amides is 3. The topological polar surface area (TPSA) is 165 Å². The molecule has 51 heavy (non-hydrogen) atoms. The Morgan fingerprint density at radius 1 is 1.04 bits per heavy atom. The number of nitrogens with zero attached hydrogens (tertiary/aromatic N) is 2. The van der Waals surface area contributed by atoms with Gasteiger partial charge in [-0.1, -0.05) is 18.2 Å². The lowest BCUT2D eigenvalue weighted by Crippen LogP contribution is -2.47. The van der Waals surface area contributed by atoms with Crippen molar-refractivity contribution in [3.05, 3.63) is 100 Å². The normalized spacial score (nSPS) is 14.1. The first-order valence-corrected chi connectivity index (χ1v) is 16.6. The summed E-state index contributed by atoms with van der Waals surface area (Å²) in [5, 5.41) is 20.7. The number of fused-ring (bicyclic) bond motifs is 1. The van der Waals surface area contributed by atoms with Crippen LogP contribution in [0.3, 0.4) is 0 Å². The maximum absolute atomic E-state index is 13.7.